The molecule has 0 aliphatic heterocycles. The van der Waals surface area contributed by atoms with Gasteiger partial charge in [-0.3, -0.25) is 4.79 Å². The second-order valence-electron chi connectivity index (χ2n) is 9.54. The second kappa shape index (κ2) is 18.3. The molecule has 45 heavy (non-hydrogen) atoms. The number of aliphatic hydroxyl groups is 6. The van der Waals surface area contributed by atoms with Crippen LogP contribution >= 0.6 is 0 Å². The fourth-order valence-electron chi connectivity index (χ4n) is 4.08. The molecule has 3 unspecified atom stereocenters. The van der Waals surface area contributed by atoms with Gasteiger partial charge in [-0.15, -0.1) is 0 Å². The lowest BCUT2D eigenvalue weighted by Gasteiger charge is -2.23. The molecule has 244 valence electrons. The van der Waals surface area contributed by atoms with Gasteiger partial charge in [0.05, 0.1) is 24.4 Å². The molecule has 0 heterocycles. The first kappa shape index (κ1) is 36.7. The molecule has 0 aromatic heterocycles. The van der Waals surface area contributed by atoms with Crippen LogP contribution in [0.1, 0.15) is 23.6 Å². The number of benzene rings is 2. The quantitative estimate of drug-likeness (QED) is 0.0516. The first-order valence-corrected chi connectivity index (χ1v) is 13.7. The molecular formula is C32H38O13. The van der Waals surface area contributed by atoms with Crippen molar-refractivity contribution in [2.45, 2.75) is 44.6 Å². The maximum atomic E-state index is 13.5. The Hall–Kier alpha value is -4.50. The van der Waals surface area contributed by atoms with E-state index in [1.807, 2.05) is 0 Å². The zero-order valence-electron chi connectivity index (χ0n) is 24.7. The maximum Gasteiger partial charge on any atom is 0.231 e. The van der Waals surface area contributed by atoms with Gasteiger partial charge in [-0.25, -0.2) is 0 Å². The number of aldehydes is 1. The Balaban J connectivity index is 0.00000345. The number of aromatic hydroxyl groups is 2. The van der Waals surface area contributed by atoms with E-state index in [2.05, 4.69) is 0 Å². The van der Waals surface area contributed by atoms with E-state index in [0.717, 1.165) is 13.4 Å². The smallest absolute Gasteiger partial charge is 0.231 e. The van der Waals surface area contributed by atoms with Crippen LogP contribution in [0.3, 0.4) is 0 Å². The second-order valence-corrected chi connectivity index (χ2v) is 9.54. The van der Waals surface area contributed by atoms with Crippen molar-refractivity contribution in [1.29, 1.82) is 0 Å². The van der Waals surface area contributed by atoms with Gasteiger partial charge in [-0.05, 0) is 47.7 Å². The molecule has 8 N–H and O–H groups in total. The van der Waals surface area contributed by atoms with Crippen LogP contribution in [0.25, 0.3) is 16.8 Å². The summed E-state index contributed by atoms with van der Waals surface area (Å²) in [7, 11) is 1.00. The molecule has 0 radical (unpaired) electrons. The van der Waals surface area contributed by atoms with Crippen LogP contribution in [0.2, 0.25) is 0 Å². The molecule has 3 atom stereocenters. The average Bonchev–Trinajstić information content (AvgIpc) is 3.15. The highest BCUT2D eigenvalue weighted by molar-refractivity contribution is 5.90. The molecule has 0 amide bonds. The van der Waals surface area contributed by atoms with Crippen LogP contribution < -0.4 is 14.9 Å². The minimum absolute atomic E-state index is 0.0775. The first-order chi connectivity index (χ1) is 21.5. The van der Waals surface area contributed by atoms with Gasteiger partial charge in [0.2, 0.25) is 5.43 Å². The Labute approximate surface area is 258 Å². The van der Waals surface area contributed by atoms with Crippen LogP contribution in [0.5, 0.6) is 23.0 Å². The van der Waals surface area contributed by atoms with Crippen LogP contribution in [-0.4, -0.2) is 92.2 Å². The molecule has 0 saturated heterocycles. The number of hydrogen-bond acceptors (Lipinski definition) is 13. The normalized spacial score (nSPS) is 13.4. The standard InChI is InChI=1S/C31H34O12.CH4O/c1-18(43-31(40)29(37)30(38)39)17-42-25-16-20(14-22-7-6-21(9-12-33)27(35)26(22)28(25)36)10-13-41-24-8-5-19(15-23(24)34)4-2-3-11-32;1-2/h2-8,11-12,14-16,18,29-32,34-35,37-40H,9-10,13,17H2,1H3;2H,1H3/b4-2+,11-3+;. The Morgan fingerprint density at radius 2 is 1.64 bits per heavy atom. The molecule has 13 nitrogen and oxygen atoms in total. The van der Waals surface area contributed by atoms with Crippen LogP contribution in [-0.2, 0) is 22.4 Å². The third kappa shape index (κ3) is 10.6. The molecule has 0 aliphatic carbocycles. The minimum atomic E-state index is -2.24. The summed E-state index contributed by atoms with van der Waals surface area (Å²) in [4.78, 5) is 24.6. The summed E-state index contributed by atoms with van der Waals surface area (Å²) in [6, 6.07) is 11.0. The Morgan fingerprint density at radius 1 is 0.911 bits per heavy atom. The van der Waals surface area contributed by atoms with Crippen LogP contribution in [0.15, 0.2) is 65.7 Å². The lowest BCUT2D eigenvalue weighted by molar-refractivity contribution is -0.244. The third-order valence-corrected chi connectivity index (χ3v) is 6.27. The van der Waals surface area contributed by atoms with Gasteiger partial charge in [0, 0.05) is 25.5 Å². The zero-order chi connectivity index (χ0) is 33.5. The van der Waals surface area contributed by atoms with Crippen molar-refractivity contribution >= 4 is 23.1 Å². The lowest BCUT2D eigenvalue weighted by atomic mass is 10.0. The van der Waals surface area contributed by atoms with Crippen molar-refractivity contribution in [1.82, 2.24) is 0 Å². The van der Waals surface area contributed by atoms with Crippen molar-refractivity contribution in [3.8, 4) is 23.0 Å². The van der Waals surface area contributed by atoms with E-state index in [4.69, 9.17) is 34.6 Å². The number of carbonyl (C=O) groups excluding carboxylic acids is 1. The molecule has 3 rings (SSSR count). The molecule has 13 heteroatoms. The number of phenols is 2. The fourth-order valence-corrected chi connectivity index (χ4v) is 4.08. The monoisotopic (exact) mass is 630 g/mol. The Bertz CT molecular complexity index is 1520. The zero-order valence-corrected chi connectivity index (χ0v) is 24.7. The number of ether oxygens (including phenoxy) is 3. The number of carbonyl (C=O) groups is 1. The van der Waals surface area contributed by atoms with Crippen LogP contribution in [0.4, 0.5) is 0 Å². The van der Waals surface area contributed by atoms with E-state index in [1.165, 1.54) is 31.2 Å². The molecule has 3 aromatic carbocycles. The number of fused-ring (bicyclic) bond motifs is 1. The lowest BCUT2D eigenvalue weighted by Crippen LogP contribution is -2.41. The van der Waals surface area contributed by atoms with E-state index in [9.17, 15) is 30.0 Å². The number of allylic oxidation sites excluding steroid dienone is 2. The molecule has 0 aliphatic rings. The molecule has 0 saturated carbocycles. The molecular weight excluding hydrogens is 592 g/mol. The summed E-state index contributed by atoms with van der Waals surface area (Å²) in [5, 5.41) is 74.6. The predicted octanol–water partition coefficient (Wildman–Crippen LogP) is 1.44. The third-order valence-electron chi connectivity index (χ3n) is 6.27. The van der Waals surface area contributed by atoms with E-state index in [-0.39, 0.29) is 60.0 Å². The van der Waals surface area contributed by atoms with Gasteiger partial charge in [0.15, 0.2) is 35.9 Å². The summed E-state index contributed by atoms with van der Waals surface area (Å²) < 4.78 is 16.6. The first-order valence-electron chi connectivity index (χ1n) is 13.7. The van der Waals surface area contributed by atoms with E-state index >= 15 is 0 Å². The van der Waals surface area contributed by atoms with Crippen molar-refractivity contribution in [3.63, 3.8) is 0 Å². The molecule has 0 bridgehead atoms. The number of rotatable bonds is 15. The summed E-state index contributed by atoms with van der Waals surface area (Å²) in [6.45, 7) is 1.23. The number of hydrogen-bond donors (Lipinski definition) is 8. The predicted molar refractivity (Wildman–Crippen MR) is 164 cm³/mol. The molecule has 3 aromatic rings. The highest BCUT2D eigenvalue weighted by Crippen LogP contribution is 2.30. The summed E-state index contributed by atoms with van der Waals surface area (Å²) in [5.74, 6) is -0.442. The summed E-state index contributed by atoms with van der Waals surface area (Å²) >= 11 is 0. The number of phenolic OH excluding ortho intramolecular Hbond substituents is 2. The average molecular weight is 631 g/mol. The van der Waals surface area contributed by atoms with Gasteiger partial charge < -0.3 is 59.9 Å². The molecule has 0 fully saturated rings. The Morgan fingerprint density at radius 3 is 2.29 bits per heavy atom. The van der Waals surface area contributed by atoms with Gasteiger partial charge in [0.25, 0.3) is 0 Å². The van der Waals surface area contributed by atoms with Crippen molar-refractivity contribution < 1.29 is 59.9 Å². The summed E-state index contributed by atoms with van der Waals surface area (Å²) in [6.07, 6.45) is -0.812. The van der Waals surface area contributed by atoms with E-state index in [1.54, 1.807) is 36.4 Å². The van der Waals surface area contributed by atoms with Crippen LogP contribution in [0, 0.1) is 0 Å². The minimum Gasteiger partial charge on any atom is -0.516 e. The van der Waals surface area contributed by atoms with Gasteiger partial charge in [-0.1, -0.05) is 36.4 Å². The fraction of sp³-hybridized carbons (Fsp3) is 0.312. The topological polar surface area (TPSA) is 224 Å². The van der Waals surface area contributed by atoms with Crippen molar-refractivity contribution in [2.24, 2.45) is 0 Å². The van der Waals surface area contributed by atoms with E-state index in [0.29, 0.717) is 22.8 Å². The molecule has 0 spiro atoms. The SMILES string of the molecule is CC(COc1cc(CCOc2ccc(/C=C/C=C/O)cc2O)cc2ccc(CC=O)c(O)c2c1=O)OC(O)C(O)C(O)O.CO. The van der Waals surface area contributed by atoms with Crippen molar-refractivity contribution in [2.75, 3.05) is 20.3 Å². The van der Waals surface area contributed by atoms with Crippen molar-refractivity contribution in [3.05, 3.63) is 87.8 Å². The van der Waals surface area contributed by atoms with Gasteiger partial charge >= 0.3 is 0 Å². The summed E-state index contributed by atoms with van der Waals surface area (Å²) in [5.41, 5.74) is 0.810. The maximum absolute atomic E-state index is 13.5. The van der Waals surface area contributed by atoms with Gasteiger partial charge in [0.1, 0.15) is 18.6 Å². The van der Waals surface area contributed by atoms with Gasteiger partial charge in [-0.2, -0.15) is 0 Å². The largest absolute Gasteiger partial charge is 0.516 e. The number of aliphatic hydroxyl groups excluding tert-OH is 5. The highest BCUT2D eigenvalue weighted by atomic mass is 16.6. The van der Waals surface area contributed by atoms with E-state index < -0.39 is 30.2 Å². The highest BCUT2D eigenvalue weighted by Gasteiger charge is 2.25. The Kier molecular flexibility index (Phi) is 15.0.